The summed E-state index contributed by atoms with van der Waals surface area (Å²) in [4.78, 5) is 10.4. The van der Waals surface area contributed by atoms with E-state index in [2.05, 4.69) is 25.9 Å². The van der Waals surface area contributed by atoms with Crippen LogP contribution in [0, 0.1) is 0 Å². The van der Waals surface area contributed by atoms with Gasteiger partial charge in [-0.2, -0.15) is 0 Å². The number of rotatable bonds is 1. The van der Waals surface area contributed by atoms with Gasteiger partial charge >= 0.3 is 0 Å². The van der Waals surface area contributed by atoms with E-state index in [0.717, 1.165) is 16.1 Å². The molecule has 1 heterocycles. The molecule has 0 spiro atoms. The number of nitrogens with zero attached hydrogens (tertiary/aromatic N) is 3. The van der Waals surface area contributed by atoms with Gasteiger partial charge in [0.2, 0.25) is 0 Å². The molecule has 0 radical (unpaired) electrons. The molecule has 0 bridgehead atoms. The highest BCUT2D eigenvalue weighted by atomic mass is 79.9. The predicted molar refractivity (Wildman–Crippen MR) is 58.4 cm³/mol. The molecule has 70 valence electrons. The maximum atomic E-state index is 4.31. The third-order valence-electron chi connectivity index (χ3n) is 1.64. The second-order valence-corrected chi connectivity index (χ2v) is 3.80. The van der Waals surface area contributed by atoms with E-state index < -0.39 is 0 Å². The Morgan fingerprint density at radius 1 is 1.46 bits per heavy atom. The van der Waals surface area contributed by atoms with Crippen LogP contribution in [0.4, 0.5) is 5.82 Å². The highest BCUT2D eigenvalue weighted by Crippen LogP contribution is 2.13. The summed E-state index contributed by atoms with van der Waals surface area (Å²) in [6, 6.07) is 3.80. The summed E-state index contributed by atoms with van der Waals surface area (Å²) in [7, 11) is 3.91. The molecular formula is C9H12BrN3. The minimum atomic E-state index is 0.731. The van der Waals surface area contributed by atoms with Crippen LogP contribution in [0.25, 0.3) is 0 Å². The van der Waals surface area contributed by atoms with Crippen molar-refractivity contribution in [2.45, 2.75) is 6.92 Å². The summed E-state index contributed by atoms with van der Waals surface area (Å²) in [6.45, 7) is 1.95. The highest BCUT2D eigenvalue weighted by Gasteiger charge is 1.95. The van der Waals surface area contributed by atoms with Crippen LogP contribution in [0.1, 0.15) is 6.92 Å². The smallest absolute Gasteiger partial charge is 0.153 e. The van der Waals surface area contributed by atoms with Crippen LogP contribution < -0.4 is 0 Å². The summed E-state index contributed by atoms with van der Waals surface area (Å²) in [5.74, 6) is 1.67. The van der Waals surface area contributed by atoms with E-state index in [0.29, 0.717) is 0 Å². The number of halogens is 1. The van der Waals surface area contributed by atoms with E-state index in [1.54, 1.807) is 6.20 Å². The van der Waals surface area contributed by atoms with Crippen molar-refractivity contribution in [2.75, 3.05) is 14.1 Å². The number of hydrogen-bond donors (Lipinski definition) is 0. The molecule has 0 fully saturated rings. The maximum absolute atomic E-state index is 4.31. The topological polar surface area (TPSA) is 28.5 Å². The Kier molecular flexibility index (Phi) is 3.42. The Morgan fingerprint density at radius 3 is 2.62 bits per heavy atom. The molecule has 0 saturated carbocycles. The van der Waals surface area contributed by atoms with Crippen LogP contribution in [0.5, 0.6) is 0 Å². The lowest BCUT2D eigenvalue weighted by Crippen LogP contribution is -2.17. The van der Waals surface area contributed by atoms with Gasteiger partial charge in [0.1, 0.15) is 5.84 Å². The molecule has 1 rings (SSSR count). The molecule has 0 saturated heterocycles. The Balaban J connectivity index is 2.85. The predicted octanol–water partition coefficient (Wildman–Crippen LogP) is 2.46. The molecule has 3 nitrogen and oxygen atoms in total. The summed E-state index contributed by atoms with van der Waals surface area (Å²) in [5, 5.41) is 0. The molecule has 1 aromatic heterocycles. The summed E-state index contributed by atoms with van der Waals surface area (Å²) in [5.41, 5.74) is 0. The molecule has 0 aromatic carbocycles. The fourth-order valence-electron chi connectivity index (χ4n) is 0.700. The van der Waals surface area contributed by atoms with Crippen molar-refractivity contribution in [2.24, 2.45) is 4.99 Å². The van der Waals surface area contributed by atoms with E-state index in [9.17, 15) is 0 Å². The number of aromatic nitrogens is 1. The number of amidine groups is 1. The van der Waals surface area contributed by atoms with E-state index in [-0.39, 0.29) is 0 Å². The van der Waals surface area contributed by atoms with Crippen LogP contribution >= 0.6 is 15.9 Å². The normalized spacial score (nSPS) is 11.5. The van der Waals surface area contributed by atoms with Crippen molar-refractivity contribution in [3.8, 4) is 0 Å². The fourth-order valence-corrected chi connectivity index (χ4v) is 0.934. The van der Waals surface area contributed by atoms with Crippen LogP contribution in [0.2, 0.25) is 0 Å². The first kappa shape index (κ1) is 10.2. The second-order valence-electron chi connectivity index (χ2n) is 2.89. The molecule has 0 aliphatic carbocycles. The van der Waals surface area contributed by atoms with E-state index in [1.807, 2.05) is 38.1 Å². The standard InChI is InChI=1S/C9H12BrN3/c1-7(13(2)3)12-9-5-4-8(10)6-11-9/h4-6H,1-3H3. The Hall–Kier alpha value is -0.900. The first-order chi connectivity index (χ1) is 6.09. The van der Waals surface area contributed by atoms with Gasteiger partial charge < -0.3 is 4.90 Å². The molecule has 1 aromatic rings. The van der Waals surface area contributed by atoms with Crippen LogP contribution in [0.15, 0.2) is 27.8 Å². The molecular weight excluding hydrogens is 230 g/mol. The van der Waals surface area contributed by atoms with Crippen molar-refractivity contribution >= 4 is 27.6 Å². The number of hydrogen-bond acceptors (Lipinski definition) is 2. The zero-order valence-corrected chi connectivity index (χ0v) is 9.54. The largest absolute Gasteiger partial charge is 0.366 e. The summed E-state index contributed by atoms with van der Waals surface area (Å²) >= 11 is 3.32. The molecule has 13 heavy (non-hydrogen) atoms. The number of pyridine rings is 1. The van der Waals surface area contributed by atoms with Crippen LogP contribution in [-0.2, 0) is 0 Å². The average molecular weight is 242 g/mol. The van der Waals surface area contributed by atoms with Gasteiger partial charge in [0.25, 0.3) is 0 Å². The average Bonchev–Trinajstić information content (AvgIpc) is 2.08. The molecule has 0 unspecified atom stereocenters. The van der Waals surface area contributed by atoms with Gasteiger partial charge in [-0.1, -0.05) is 0 Å². The van der Waals surface area contributed by atoms with Crippen molar-refractivity contribution in [3.63, 3.8) is 0 Å². The van der Waals surface area contributed by atoms with Gasteiger partial charge in [0.05, 0.1) is 0 Å². The van der Waals surface area contributed by atoms with Crippen molar-refractivity contribution in [1.82, 2.24) is 9.88 Å². The minimum Gasteiger partial charge on any atom is -0.366 e. The lowest BCUT2D eigenvalue weighted by atomic mass is 10.4. The first-order valence-electron chi connectivity index (χ1n) is 3.94. The lowest BCUT2D eigenvalue weighted by Gasteiger charge is -2.10. The molecule has 0 aliphatic heterocycles. The second kappa shape index (κ2) is 4.37. The van der Waals surface area contributed by atoms with Gasteiger partial charge in [-0.05, 0) is 35.0 Å². The van der Waals surface area contributed by atoms with E-state index in [1.165, 1.54) is 0 Å². The van der Waals surface area contributed by atoms with Gasteiger partial charge in [-0.15, -0.1) is 0 Å². The van der Waals surface area contributed by atoms with Gasteiger partial charge in [-0.25, -0.2) is 9.98 Å². The zero-order valence-electron chi connectivity index (χ0n) is 7.95. The monoisotopic (exact) mass is 241 g/mol. The fraction of sp³-hybridized carbons (Fsp3) is 0.333. The number of aliphatic imine (C=N–C) groups is 1. The van der Waals surface area contributed by atoms with Gasteiger partial charge in [0.15, 0.2) is 5.82 Å². The van der Waals surface area contributed by atoms with Crippen molar-refractivity contribution < 1.29 is 0 Å². The van der Waals surface area contributed by atoms with Crippen molar-refractivity contribution in [3.05, 3.63) is 22.8 Å². The Bertz CT molecular complexity index is 303. The Labute approximate surface area is 86.6 Å². The quantitative estimate of drug-likeness (QED) is 0.559. The van der Waals surface area contributed by atoms with Gasteiger partial charge in [0, 0.05) is 24.8 Å². The van der Waals surface area contributed by atoms with Crippen molar-refractivity contribution in [1.29, 1.82) is 0 Å². The summed E-state index contributed by atoms with van der Waals surface area (Å²) < 4.78 is 0.967. The molecule has 0 atom stereocenters. The van der Waals surface area contributed by atoms with E-state index >= 15 is 0 Å². The third kappa shape index (κ3) is 3.14. The molecule has 4 heteroatoms. The first-order valence-corrected chi connectivity index (χ1v) is 4.73. The highest BCUT2D eigenvalue weighted by molar-refractivity contribution is 9.10. The molecule has 0 N–H and O–H groups in total. The third-order valence-corrected chi connectivity index (χ3v) is 2.10. The minimum absolute atomic E-state index is 0.731. The van der Waals surface area contributed by atoms with Crippen LogP contribution in [0.3, 0.4) is 0 Å². The van der Waals surface area contributed by atoms with E-state index in [4.69, 9.17) is 0 Å². The van der Waals surface area contributed by atoms with Crippen LogP contribution in [-0.4, -0.2) is 29.8 Å². The summed E-state index contributed by atoms with van der Waals surface area (Å²) in [6.07, 6.45) is 1.74. The lowest BCUT2D eigenvalue weighted by molar-refractivity contribution is 0.618. The maximum Gasteiger partial charge on any atom is 0.153 e. The zero-order chi connectivity index (χ0) is 9.84. The molecule has 0 aliphatic rings. The SMILES string of the molecule is CC(=Nc1ccc(Br)cn1)N(C)C. The van der Waals surface area contributed by atoms with Gasteiger partial charge in [-0.3, -0.25) is 0 Å². The molecule has 0 amide bonds. The Morgan fingerprint density at radius 2 is 2.15 bits per heavy atom.